The summed E-state index contributed by atoms with van der Waals surface area (Å²) >= 11 is 0. The molecule has 15 heavy (non-hydrogen) atoms. The van der Waals surface area contributed by atoms with Gasteiger partial charge in [0.2, 0.25) is 5.89 Å². The Morgan fingerprint density at radius 3 is 2.80 bits per heavy atom. The number of hydrogen-bond donors (Lipinski definition) is 1. The Hall–Kier alpha value is -0.940. The molecule has 1 atom stereocenters. The number of hydrogen-bond acceptors (Lipinski definition) is 5. The van der Waals surface area contributed by atoms with E-state index in [0.717, 1.165) is 12.4 Å². The molecule has 2 N–H and O–H groups in total. The number of rotatable bonds is 4. The lowest BCUT2D eigenvalue weighted by Gasteiger charge is -2.20. The van der Waals surface area contributed by atoms with Crippen molar-refractivity contribution in [3.05, 3.63) is 11.7 Å². The van der Waals surface area contributed by atoms with Gasteiger partial charge in [0.15, 0.2) is 5.82 Å². The topological polar surface area (TPSA) is 68.2 Å². The van der Waals surface area contributed by atoms with Crippen LogP contribution in [0.4, 0.5) is 0 Å². The molecule has 1 unspecified atom stereocenters. The molecular weight excluding hydrogens is 192 g/mol. The molecule has 0 aliphatic heterocycles. The third kappa shape index (κ3) is 2.35. The van der Waals surface area contributed by atoms with E-state index >= 15 is 0 Å². The summed E-state index contributed by atoms with van der Waals surface area (Å²) < 4.78 is 5.21. The van der Waals surface area contributed by atoms with Gasteiger partial charge in [0, 0.05) is 12.5 Å². The van der Waals surface area contributed by atoms with Crippen molar-refractivity contribution in [1.82, 2.24) is 15.0 Å². The Labute approximate surface area is 89.6 Å². The van der Waals surface area contributed by atoms with Crippen LogP contribution in [-0.2, 0) is 0 Å². The van der Waals surface area contributed by atoms with Gasteiger partial charge in [0.05, 0.1) is 6.04 Å². The van der Waals surface area contributed by atoms with Crippen LogP contribution in [0, 0.1) is 0 Å². The third-order valence-corrected chi connectivity index (χ3v) is 2.81. The van der Waals surface area contributed by atoms with E-state index in [4.69, 9.17) is 10.3 Å². The molecule has 0 aromatic carbocycles. The molecule has 1 aromatic heterocycles. The standard InChI is InChI=1S/C10H18N4O/c1-14(2)6-8(11)9-12-10(15-13-9)7-4-3-5-7/h7-8H,3-6,11H2,1-2H3. The van der Waals surface area contributed by atoms with E-state index in [9.17, 15) is 0 Å². The average molecular weight is 210 g/mol. The molecule has 5 nitrogen and oxygen atoms in total. The first-order valence-corrected chi connectivity index (χ1v) is 5.40. The zero-order valence-corrected chi connectivity index (χ0v) is 9.31. The van der Waals surface area contributed by atoms with Crippen LogP contribution in [0.25, 0.3) is 0 Å². The van der Waals surface area contributed by atoms with Gasteiger partial charge in [0.25, 0.3) is 0 Å². The van der Waals surface area contributed by atoms with Gasteiger partial charge in [0.1, 0.15) is 0 Å². The summed E-state index contributed by atoms with van der Waals surface area (Å²) in [5.74, 6) is 1.88. The average Bonchev–Trinajstić information content (AvgIpc) is 2.48. The third-order valence-electron chi connectivity index (χ3n) is 2.81. The second-order valence-corrected chi connectivity index (χ2v) is 4.49. The van der Waals surface area contributed by atoms with Crippen LogP contribution in [-0.4, -0.2) is 35.7 Å². The highest BCUT2D eigenvalue weighted by atomic mass is 16.5. The second kappa shape index (κ2) is 4.28. The minimum atomic E-state index is -0.155. The maximum Gasteiger partial charge on any atom is 0.229 e. The fourth-order valence-corrected chi connectivity index (χ4v) is 1.69. The lowest BCUT2D eigenvalue weighted by atomic mass is 9.85. The maximum absolute atomic E-state index is 5.94. The summed E-state index contributed by atoms with van der Waals surface area (Å²) in [5, 5.41) is 3.93. The van der Waals surface area contributed by atoms with Crippen LogP contribution in [0.15, 0.2) is 4.52 Å². The molecule has 0 radical (unpaired) electrons. The van der Waals surface area contributed by atoms with Gasteiger partial charge in [-0.25, -0.2) is 0 Å². The Morgan fingerprint density at radius 2 is 2.27 bits per heavy atom. The van der Waals surface area contributed by atoms with Gasteiger partial charge in [-0.1, -0.05) is 11.6 Å². The smallest absolute Gasteiger partial charge is 0.229 e. The normalized spacial score (nSPS) is 19.2. The van der Waals surface area contributed by atoms with Crippen molar-refractivity contribution in [2.45, 2.75) is 31.2 Å². The molecule has 2 rings (SSSR count). The van der Waals surface area contributed by atoms with E-state index < -0.39 is 0 Å². The van der Waals surface area contributed by atoms with Crippen LogP contribution in [0.1, 0.15) is 42.9 Å². The molecule has 1 saturated carbocycles. The Morgan fingerprint density at radius 1 is 1.53 bits per heavy atom. The van der Waals surface area contributed by atoms with Gasteiger partial charge >= 0.3 is 0 Å². The number of likely N-dealkylation sites (N-methyl/N-ethyl adjacent to an activating group) is 1. The Kier molecular flexibility index (Phi) is 3.02. The highest BCUT2D eigenvalue weighted by molar-refractivity contribution is 5.01. The van der Waals surface area contributed by atoms with Crippen LogP contribution < -0.4 is 5.73 Å². The van der Waals surface area contributed by atoms with Crippen molar-refractivity contribution >= 4 is 0 Å². The quantitative estimate of drug-likeness (QED) is 0.799. The largest absolute Gasteiger partial charge is 0.339 e. The first kappa shape index (κ1) is 10.6. The maximum atomic E-state index is 5.94. The van der Waals surface area contributed by atoms with Crippen molar-refractivity contribution in [2.75, 3.05) is 20.6 Å². The molecule has 0 bridgehead atoms. The van der Waals surface area contributed by atoms with Crippen molar-refractivity contribution in [3.8, 4) is 0 Å². The van der Waals surface area contributed by atoms with Crippen LogP contribution in [0.5, 0.6) is 0 Å². The molecule has 5 heteroatoms. The monoisotopic (exact) mass is 210 g/mol. The SMILES string of the molecule is CN(C)CC(N)c1noc(C2CCC2)n1. The molecule has 0 saturated heterocycles. The number of nitrogens with zero attached hydrogens (tertiary/aromatic N) is 3. The van der Waals surface area contributed by atoms with Crippen molar-refractivity contribution in [3.63, 3.8) is 0 Å². The number of nitrogens with two attached hydrogens (primary N) is 1. The minimum Gasteiger partial charge on any atom is -0.339 e. The van der Waals surface area contributed by atoms with Crippen LogP contribution >= 0.6 is 0 Å². The number of aromatic nitrogens is 2. The van der Waals surface area contributed by atoms with E-state index in [1.165, 1.54) is 19.3 Å². The fraction of sp³-hybridized carbons (Fsp3) is 0.800. The van der Waals surface area contributed by atoms with E-state index in [2.05, 4.69) is 10.1 Å². The summed E-state index contributed by atoms with van der Waals surface area (Å²) in [4.78, 5) is 6.37. The fourth-order valence-electron chi connectivity index (χ4n) is 1.69. The molecular formula is C10H18N4O. The van der Waals surface area contributed by atoms with E-state index in [0.29, 0.717) is 11.7 Å². The Balaban J connectivity index is 1.99. The highest BCUT2D eigenvalue weighted by Crippen LogP contribution is 2.35. The molecule has 0 spiro atoms. The summed E-state index contributed by atoms with van der Waals surface area (Å²) in [5.41, 5.74) is 5.94. The van der Waals surface area contributed by atoms with E-state index in [1.807, 2.05) is 19.0 Å². The van der Waals surface area contributed by atoms with Gasteiger partial charge < -0.3 is 15.2 Å². The summed E-state index contributed by atoms with van der Waals surface area (Å²) in [6.45, 7) is 0.740. The molecule has 1 fully saturated rings. The summed E-state index contributed by atoms with van der Waals surface area (Å²) in [7, 11) is 3.96. The molecule has 1 heterocycles. The van der Waals surface area contributed by atoms with Gasteiger partial charge in [-0.2, -0.15) is 4.98 Å². The first-order valence-electron chi connectivity index (χ1n) is 5.40. The lowest BCUT2D eigenvalue weighted by Crippen LogP contribution is -2.26. The summed E-state index contributed by atoms with van der Waals surface area (Å²) in [6.07, 6.45) is 3.61. The van der Waals surface area contributed by atoms with Crippen molar-refractivity contribution in [2.24, 2.45) is 5.73 Å². The van der Waals surface area contributed by atoms with E-state index in [1.54, 1.807) is 0 Å². The zero-order valence-electron chi connectivity index (χ0n) is 9.31. The Bertz CT molecular complexity index is 319. The minimum absolute atomic E-state index is 0.155. The molecule has 1 aromatic rings. The second-order valence-electron chi connectivity index (χ2n) is 4.49. The lowest BCUT2D eigenvalue weighted by molar-refractivity contribution is 0.289. The van der Waals surface area contributed by atoms with Crippen molar-refractivity contribution in [1.29, 1.82) is 0 Å². The summed E-state index contributed by atoms with van der Waals surface area (Å²) in [6, 6.07) is -0.155. The molecule has 0 amide bonds. The molecule has 84 valence electrons. The van der Waals surface area contributed by atoms with Gasteiger partial charge in [-0.15, -0.1) is 0 Å². The van der Waals surface area contributed by atoms with Gasteiger partial charge in [-0.05, 0) is 26.9 Å². The van der Waals surface area contributed by atoms with Crippen LogP contribution in [0.3, 0.4) is 0 Å². The van der Waals surface area contributed by atoms with E-state index in [-0.39, 0.29) is 6.04 Å². The predicted molar refractivity (Wildman–Crippen MR) is 56.4 cm³/mol. The first-order chi connectivity index (χ1) is 7.16. The molecule has 1 aliphatic rings. The zero-order chi connectivity index (χ0) is 10.8. The molecule has 1 aliphatic carbocycles. The highest BCUT2D eigenvalue weighted by Gasteiger charge is 2.26. The van der Waals surface area contributed by atoms with Crippen LogP contribution in [0.2, 0.25) is 0 Å². The predicted octanol–water partition coefficient (Wildman–Crippen LogP) is 0.898. The van der Waals surface area contributed by atoms with Crippen molar-refractivity contribution < 1.29 is 4.52 Å². The van der Waals surface area contributed by atoms with Gasteiger partial charge in [-0.3, -0.25) is 0 Å².